The third kappa shape index (κ3) is 5.30. The van der Waals surface area contributed by atoms with Crippen molar-refractivity contribution in [1.82, 2.24) is 5.32 Å². The molecule has 4 heteroatoms. The van der Waals surface area contributed by atoms with Crippen LogP contribution in [0.3, 0.4) is 0 Å². The monoisotopic (exact) mass is 326 g/mol. The summed E-state index contributed by atoms with van der Waals surface area (Å²) in [7, 11) is 0. The second-order valence-corrected chi connectivity index (χ2v) is 6.31. The van der Waals surface area contributed by atoms with Crippen molar-refractivity contribution in [2.24, 2.45) is 0 Å². The van der Waals surface area contributed by atoms with Crippen molar-refractivity contribution in [3.8, 4) is 5.75 Å². The third-order valence-corrected chi connectivity index (χ3v) is 3.81. The van der Waals surface area contributed by atoms with Crippen LogP contribution in [0.25, 0.3) is 0 Å². The van der Waals surface area contributed by atoms with Gasteiger partial charge in [-0.05, 0) is 56.0 Å². The van der Waals surface area contributed by atoms with E-state index < -0.39 is 0 Å². The summed E-state index contributed by atoms with van der Waals surface area (Å²) in [6.45, 7) is 6.47. The fourth-order valence-electron chi connectivity index (χ4n) is 2.46. The molecule has 24 heavy (non-hydrogen) atoms. The summed E-state index contributed by atoms with van der Waals surface area (Å²) in [5.74, 6) is 0.733. The van der Waals surface area contributed by atoms with Crippen molar-refractivity contribution in [3.05, 3.63) is 59.2 Å². The largest absolute Gasteiger partial charge is 0.487 e. The molecule has 3 N–H and O–H groups in total. The molecule has 0 fully saturated rings. The lowest BCUT2D eigenvalue weighted by molar-refractivity contribution is -0.121. The zero-order valence-electron chi connectivity index (χ0n) is 14.6. The Bertz CT molecular complexity index is 696. The molecule has 0 aliphatic carbocycles. The number of amides is 1. The predicted octanol–water partition coefficient (Wildman–Crippen LogP) is 3.61. The quantitative estimate of drug-likeness (QED) is 0.764. The van der Waals surface area contributed by atoms with Crippen molar-refractivity contribution in [2.45, 2.75) is 46.3 Å². The molecule has 4 nitrogen and oxygen atoms in total. The van der Waals surface area contributed by atoms with E-state index in [0.717, 1.165) is 11.1 Å². The van der Waals surface area contributed by atoms with Crippen LogP contribution in [0.1, 0.15) is 37.0 Å². The molecule has 0 aliphatic heterocycles. The average molecular weight is 326 g/mol. The highest BCUT2D eigenvalue weighted by Gasteiger charge is 2.07. The Morgan fingerprint density at radius 3 is 2.62 bits per heavy atom. The number of anilines is 1. The summed E-state index contributed by atoms with van der Waals surface area (Å²) in [4.78, 5) is 11.7. The van der Waals surface area contributed by atoms with E-state index in [1.165, 1.54) is 5.56 Å². The molecule has 2 rings (SSSR count). The first kappa shape index (κ1) is 17.9. The van der Waals surface area contributed by atoms with E-state index in [9.17, 15) is 4.79 Å². The van der Waals surface area contributed by atoms with E-state index in [4.69, 9.17) is 10.5 Å². The lowest BCUT2D eigenvalue weighted by Crippen LogP contribution is -2.30. The maximum atomic E-state index is 11.7. The zero-order chi connectivity index (χ0) is 17.5. The standard InChI is InChI=1S/C20H26N2O2/c1-14(2)22-20(23)11-9-16-8-10-19(18(21)12-16)24-13-17-7-5-4-6-15(17)3/h4-8,10,12,14H,9,11,13,21H2,1-3H3,(H,22,23). The first-order valence-corrected chi connectivity index (χ1v) is 8.31. The number of carbonyl (C=O) groups is 1. The number of carbonyl (C=O) groups excluding carboxylic acids is 1. The average Bonchev–Trinajstić information content (AvgIpc) is 2.53. The van der Waals surface area contributed by atoms with E-state index in [-0.39, 0.29) is 11.9 Å². The molecule has 128 valence electrons. The molecule has 1 amide bonds. The van der Waals surface area contributed by atoms with Crippen LogP contribution >= 0.6 is 0 Å². The van der Waals surface area contributed by atoms with E-state index in [1.54, 1.807) is 0 Å². The fourth-order valence-corrected chi connectivity index (χ4v) is 2.46. The minimum Gasteiger partial charge on any atom is -0.487 e. The van der Waals surface area contributed by atoms with Crippen molar-refractivity contribution in [1.29, 1.82) is 0 Å². The van der Waals surface area contributed by atoms with Crippen LogP contribution in [-0.4, -0.2) is 11.9 Å². The van der Waals surface area contributed by atoms with E-state index >= 15 is 0 Å². The highest BCUT2D eigenvalue weighted by atomic mass is 16.5. The van der Waals surface area contributed by atoms with Gasteiger partial charge in [-0.2, -0.15) is 0 Å². The molecule has 0 saturated heterocycles. The Morgan fingerprint density at radius 2 is 1.96 bits per heavy atom. The highest BCUT2D eigenvalue weighted by Crippen LogP contribution is 2.24. The predicted molar refractivity (Wildman–Crippen MR) is 98.0 cm³/mol. The molecule has 2 aromatic carbocycles. The second kappa shape index (κ2) is 8.39. The van der Waals surface area contributed by atoms with Gasteiger partial charge in [0.25, 0.3) is 0 Å². The van der Waals surface area contributed by atoms with Crippen LogP contribution in [0.15, 0.2) is 42.5 Å². The van der Waals surface area contributed by atoms with Crippen molar-refractivity contribution in [3.63, 3.8) is 0 Å². The molecular weight excluding hydrogens is 300 g/mol. The molecule has 0 spiro atoms. The van der Waals surface area contributed by atoms with Gasteiger partial charge in [0.15, 0.2) is 0 Å². The lowest BCUT2D eigenvalue weighted by Gasteiger charge is -2.12. The van der Waals surface area contributed by atoms with E-state index in [1.807, 2.05) is 50.2 Å². The molecule has 0 aliphatic rings. The van der Waals surface area contributed by atoms with Crippen LogP contribution in [-0.2, 0) is 17.8 Å². The number of hydrogen-bond acceptors (Lipinski definition) is 3. The van der Waals surface area contributed by atoms with Crippen LogP contribution in [0.4, 0.5) is 5.69 Å². The maximum Gasteiger partial charge on any atom is 0.220 e. The first-order valence-electron chi connectivity index (χ1n) is 8.31. The Balaban J connectivity index is 1.92. The first-order chi connectivity index (χ1) is 11.5. The molecule has 0 unspecified atom stereocenters. The summed E-state index contributed by atoms with van der Waals surface area (Å²) < 4.78 is 5.83. The Hall–Kier alpha value is -2.49. The molecular formula is C20H26N2O2. The van der Waals surface area contributed by atoms with Crippen molar-refractivity contribution < 1.29 is 9.53 Å². The van der Waals surface area contributed by atoms with Crippen molar-refractivity contribution in [2.75, 3.05) is 5.73 Å². The third-order valence-electron chi connectivity index (χ3n) is 3.81. The molecule has 0 bridgehead atoms. The number of ether oxygens (including phenoxy) is 1. The number of nitrogens with two attached hydrogens (primary N) is 1. The van der Waals surface area contributed by atoms with Crippen LogP contribution in [0.5, 0.6) is 5.75 Å². The Kier molecular flexibility index (Phi) is 6.24. The number of hydrogen-bond donors (Lipinski definition) is 2. The number of aryl methyl sites for hydroxylation is 2. The smallest absolute Gasteiger partial charge is 0.220 e. The van der Waals surface area contributed by atoms with Gasteiger partial charge in [0.05, 0.1) is 5.69 Å². The van der Waals surface area contributed by atoms with Gasteiger partial charge in [0, 0.05) is 12.5 Å². The van der Waals surface area contributed by atoms with Gasteiger partial charge in [-0.1, -0.05) is 30.3 Å². The number of benzene rings is 2. The minimum absolute atomic E-state index is 0.0588. The summed E-state index contributed by atoms with van der Waals surface area (Å²) in [6, 6.07) is 14.0. The summed E-state index contributed by atoms with van der Waals surface area (Å²) in [5, 5.41) is 2.89. The van der Waals surface area contributed by atoms with E-state index in [2.05, 4.69) is 18.3 Å². The lowest BCUT2D eigenvalue weighted by atomic mass is 10.1. The molecule has 0 heterocycles. The second-order valence-electron chi connectivity index (χ2n) is 6.31. The van der Waals surface area contributed by atoms with Crippen LogP contribution < -0.4 is 15.8 Å². The molecule has 2 aromatic rings. The Labute approximate surface area is 144 Å². The summed E-state index contributed by atoms with van der Waals surface area (Å²) in [5.41, 5.74) is 10.1. The fraction of sp³-hybridized carbons (Fsp3) is 0.350. The number of nitrogens with one attached hydrogen (secondary N) is 1. The van der Waals surface area contributed by atoms with Crippen molar-refractivity contribution >= 4 is 11.6 Å². The van der Waals surface area contributed by atoms with Gasteiger partial charge >= 0.3 is 0 Å². The summed E-state index contributed by atoms with van der Waals surface area (Å²) in [6.07, 6.45) is 1.13. The molecule has 0 aromatic heterocycles. The van der Waals surface area contributed by atoms with Gasteiger partial charge in [-0.25, -0.2) is 0 Å². The molecule has 0 saturated carbocycles. The highest BCUT2D eigenvalue weighted by molar-refractivity contribution is 5.76. The Morgan fingerprint density at radius 1 is 1.21 bits per heavy atom. The minimum atomic E-state index is 0.0588. The number of nitrogen functional groups attached to an aromatic ring is 1. The van der Waals surface area contributed by atoms with Gasteiger partial charge in [-0.15, -0.1) is 0 Å². The topological polar surface area (TPSA) is 64.3 Å². The van der Waals surface area contributed by atoms with E-state index in [0.29, 0.717) is 30.9 Å². The zero-order valence-corrected chi connectivity index (χ0v) is 14.6. The van der Waals surface area contributed by atoms with Crippen LogP contribution in [0, 0.1) is 6.92 Å². The SMILES string of the molecule is Cc1ccccc1COc1ccc(CCC(=O)NC(C)C)cc1N. The van der Waals surface area contributed by atoms with Gasteiger partial charge in [-0.3, -0.25) is 4.79 Å². The van der Waals surface area contributed by atoms with Gasteiger partial charge in [0.1, 0.15) is 12.4 Å². The molecule has 0 atom stereocenters. The maximum absolute atomic E-state index is 11.7. The number of rotatable bonds is 7. The van der Waals surface area contributed by atoms with Gasteiger partial charge in [0.2, 0.25) is 5.91 Å². The summed E-state index contributed by atoms with van der Waals surface area (Å²) >= 11 is 0. The normalized spacial score (nSPS) is 10.7. The molecule has 0 radical (unpaired) electrons. The van der Waals surface area contributed by atoms with Gasteiger partial charge < -0.3 is 15.8 Å². The van der Waals surface area contributed by atoms with Crippen LogP contribution in [0.2, 0.25) is 0 Å².